The summed E-state index contributed by atoms with van der Waals surface area (Å²) >= 11 is 0. The Kier molecular flexibility index (Phi) is 4.24. The second-order valence-electron chi connectivity index (χ2n) is 5.74. The molecule has 0 amide bonds. The topological polar surface area (TPSA) is 3.24 Å². The molecule has 1 heteroatoms. The van der Waals surface area contributed by atoms with Crippen molar-refractivity contribution in [3.8, 4) is 0 Å². The van der Waals surface area contributed by atoms with Crippen LogP contribution in [0.5, 0.6) is 0 Å². The van der Waals surface area contributed by atoms with E-state index in [9.17, 15) is 0 Å². The van der Waals surface area contributed by atoms with E-state index in [1.165, 1.54) is 22.4 Å². The van der Waals surface area contributed by atoms with E-state index in [4.69, 9.17) is 0 Å². The number of benzene rings is 3. The van der Waals surface area contributed by atoms with Crippen molar-refractivity contribution in [1.29, 1.82) is 0 Å². The maximum atomic E-state index is 2.24. The number of anilines is 1. The molecule has 0 aliphatic heterocycles. The van der Waals surface area contributed by atoms with Gasteiger partial charge in [0.1, 0.15) is 0 Å². The highest BCUT2D eigenvalue weighted by molar-refractivity contribution is 5.50. The number of hydrogen-bond acceptors (Lipinski definition) is 1. The molecule has 110 valence electrons. The second-order valence-corrected chi connectivity index (χ2v) is 5.74. The largest absolute Gasteiger partial charge is 0.378 e. The minimum Gasteiger partial charge on any atom is -0.378 e. The van der Waals surface area contributed by atoms with Crippen LogP contribution in [0.1, 0.15) is 22.6 Å². The molecule has 3 rings (SSSR count). The average molecular weight is 287 g/mol. The van der Waals surface area contributed by atoms with E-state index in [0.717, 1.165) is 0 Å². The molecule has 22 heavy (non-hydrogen) atoms. The quantitative estimate of drug-likeness (QED) is 0.615. The maximum Gasteiger partial charge on any atom is 0.0361 e. The molecule has 3 aromatic carbocycles. The highest BCUT2D eigenvalue weighted by Crippen LogP contribution is 2.32. The van der Waals surface area contributed by atoms with E-state index in [0.29, 0.717) is 0 Å². The summed E-state index contributed by atoms with van der Waals surface area (Å²) in [7, 11) is 4.14. The smallest absolute Gasteiger partial charge is 0.0361 e. The van der Waals surface area contributed by atoms with Crippen molar-refractivity contribution >= 4 is 5.69 Å². The standard InChI is InChI=1S/C21H21N/c1-22(2)20-15-13-19(14-16-20)21(17-9-5-3-6-10-17)18-11-7-4-8-12-18/h3-16,21H,1-2H3. The van der Waals surface area contributed by atoms with E-state index >= 15 is 0 Å². The second kappa shape index (κ2) is 6.48. The molecule has 0 radical (unpaired) electrons. The number of nitrogens with zero attached hydrogens (tertiary/aromatic N) is 1. The van der Waals surface area contributed by atoms with Crippen molar-refractivity contribution in [2.45, 2.75) is 5.92 Å². The summed E-state index contributed by atoms with van der Waals surface area (Å²) in [4.78, 5) is 2.13. The normalized spacial score (nSPS) is 10.7. The van der Waals surface area contributed by atoms with Crippen LogP contribution in [0.4, 0.5) is 5.69 Å². The molecule has 0 spiro atoms. The zero-order chi connectivity index (χ0) is 15.4. The lowest BCUT2D eigenvalue weighted by Crippen LogP contribution is -2.09. The fourth-order valence-corrected chi connectivity index (χ4v) is 2.83. The zero-order valence-corrected chi connectivity index (χ0v) is 13.1. The van der Waals surface area contributed by atoms with Gasteiger partial charge in [-0.15, -0.1) is 0 Å². The zero-order valence-electron chi connectivity index (χ0n) is 13.1. The summed E-state index contributed by atoms with van der Waals surface area (Å²) < 4.78 is 0. The number of hydrogen-bond donors (Lipinski definition) is 0. The summed E-state index contributed by atoms with van der Waals surface area (Å²) in [6, 6.07) is 30.3. The van der Waals surface area contributed by atoms with Gasteiger partial charge in [-0.1, -0.05) is 72.8 Å². The lowest BCUT2D eigenvalue weighted by molar-refractivity contribution is 0.975. The Hall–Kier alpha value is -2.54. The van der Waals surface area contributed by atoms with Gasteiger partial charge in [0.2, 0.25) is 0 Å². The van der Waals surface area contributed by atoms with E-state index in [2.05, 4.69) is 104 Å². The summed E-state index contributed by atoms with van der Waals surface area (Å²) in [6.45, 7) is 0. The molecule has 0 bridgehead atoms. The van der Waals surface area contributed by atoms with Crippen LogP contribution in [0.15, 0.2) is 84.9 Å². The maximum absolute atomic E-state index is 2.24. The molecule has 0 atom stereocenters. The fraction of sp³-hybridized carbons (Fsp3) is 0.143. The third-order valence-electron chi connectivity index (χ3n) is 4.01. The minimum absolute atomic E-state index is 0.276. The van der Waals surface area contributed by atoms with Gasteiger partial charge in [0.05, 0.1) is 0 Å². The van der Waals surface area contributed by atoms with Gasteiger partial charge < -0.3 is 4.90 Å². The van der Waals surface area contributed by atoms with E-state index in [-0.39, 0.29) is 5.92 Å². The number of rotatable bonds is 4. The third-order valence-corrected chi connectivity index (χ3v) is 4.01. The van der Waals surface area contributed by atoms with Crippen LogP contribution in [-0.4, -0.2) is 14.1 Å². The Morgan fingerprint density at radius 3 is 1.36 bits per heavy atom. The summed E-state index contributed by atoms with van der Waals surface area (Å²) in [6.07, 6.45) is 0. The van der Waals surface area contributed by atoms with Crippen LogP contribution in [-0.2, 0) is 0 Å². The molecule has 1 nitrogen and oxygen atoms in total. The fourth-order valence-electron chi connectivity index (χ4n) is 2.83. The molecule has 0 N–H and O–H groups in total. The van der Waals surface area contributed by atoms with Crippen molar-refractivity contribution in [2.24, 2.45) is 0 Å². The van der Waals surface area contributed by atoms with Gasteiger partial charge >= 0.3 is 0 Å². The minimum atomic E-state index is 0.276. The molecular weight excluding hydrogens is 266 g/mol. The summed E-state index contributed by atoms with van der Waals surface area (Å²) in [5, 5.41) is 0. The van der Waals surface area contributed by atoms with Crippen LogP contribution in [0, 0.1) is 0 Å². The Balaban J connectivity index is 2.06. The first-order valence-electron chi connectivity index (χ1n) is 7.63. The molecular formula is C21H21N. The van der Waals surface area contributed by atoms with Crippen LogP contribution in [0.25, 0.3) is 0 Å². The van der Waals surface area contributed by atoms with Crippen molar-refractivity contribution in [1.82, 2.24) is 0 Å². The molecule has 0 aliphatic carbocycles. The molecule has 0 heterocycles. The van der Waals surface area contributed by atoms with Gasteiger partial charge in [-0.05, 0) is 28.8 Å². The van der Waals surface area contributed by atoms with Gasteiger partial charge in [0.15, 0.2) is 0 Å². The highest BCUT2D eigenvalue weighted by atomic mass is 15.1. The molecule has 0 aromatic heterocycles. The van der Waals surface area contributed by atoms with Crippen LogP contribution in [0.2, 0.25) is 0 Å². The van der Waals surface area contributed by atoms with E-state index < -0.39 is 0 Å². The lowest BCUT2D eigenvalue weighted by Gasteiger charge is -2.20. The third kappa shape index (κ3) is 3.04. The predicted molar refractivity (Wildman–Crippen MR) is 94.6 cm³/mol. The van der Waals surface area contributed by atoms with Gasteiger partial charge in [-0.2, -0.15) is 0 Å². The van der Waals surface area contributed by atoms with Crippen LogP contribution < -0.4 is 4.90 Å². The highest BCUT2D eigenvalue weighted by Gasteiger charge is 2.16. The first-order valence-corrected chi connectivity index (χ1v) is 7.63. The SMILES string of the molecule is CN(C)c1ccc(C(c2ccccc2)c2ccccc2)cc1. The molecule has 0 fully saturated rings. The monoisotopic (exact) mass is 287 g/mol. The van der Waals surface area contributed by atoms with E-state index in [1.807, 2.05) is 0 Å². The van der Waals surface area contributed by atoms with Crippen LogP contribution in [0.3, 0.4) is 0 Å². The molecule has 0 unspecified atom stereocenters. The van der Waals surface area contributed by atoms with Crippen molar-refractivity contribution in [2.75, 3.05) is 19.0 Å². The van der Waals surface area contributed by atoms with Gasteiger partial charge in [0.25, 0.3) is 0 Å². The molecule has 0 saturated carbocycles. The Bertz CT molecular complexity index is 660. The molecule has 0 saturated heterocycles. The van der Waals surface area contributed by atoms with Gasteiger partial charge in [-0.3, -0.25) is 0 Å². The predicted octanol–water partition coefficient (Wildman–Crippen LogP) is 4.93. The van der Waals surface area contributed by atoms with Gasteiger partial charge in [-0.25, -0.2) is 0 Å². The molecule has 3 aromatic rings. The van der Waals surface area contributed by atoms with Crippen molar-refractivity contribution in [3.63, 3.8) is 0 Å². The molecule has 0 aliphatic rings. The van der Waals surface area contributed by atoms with Crippen molar-refractivity contribution in [3.05, 3.63) is 102 Å². The Labute approximate surface area is 132 Å². The first-order chi connectivity index (χ1) is 10.8. The van der Waals surface area contributed by atoms with Gasteiger partial charge in [0, 0.05) is 25.7 Å². The first kappa shape index (κ1) is 14.4. The lowest BCUT2D eigenvalue weighted by atomic mass is 9.85. The Morgan fingerprint density at radius 2 is 0.955 bits per heavy atom. The van der Waals surface area contributed by atoms with Crippen LogP contribution >= 0.6 is 0 Å². The van der Waals surface area contributed by atoms with E-state index in [1.54, 1.807) is 0 Å². The average Bonchev–Trinajstić information content (AvgIpc) is 2.57. The van der Waals surface area contributed by atoms with Crippen molar-refractivity contribution < 1.29 is 0 Å². The summed E-state index contributed by atoms with van der Waals surface area (Å²) in [5.41, 5.74) is 5.20. The Morgan fingerprint density at radius 1 is 0.545 bits per heavy atom. The summed E-state index contributed by atoms with van der Waals surface area (Å²) in [5.74, 6) is 0.276.